The monoisotopic (exact) mass is 482 g/mol. The number of carbonyl (C=O) groups excluding carboxylic acids is 2. The number of hydrogen-bond donors (Lipinski definition) is 2. The van der Waals surface area contributed by atoms with Crippen LogP contribution in [0.25, 0.3) is 0 Å². The third-order valence-corrected chi connectivity index (χ3v) is 6.33. The lowest BCUT2D eigenvalue weighted by molar-refractivity contribution is -0.130. The molecule has 0 aromatic carbocycles. The van der Waals surface area contributed by atoms with E-state index in [9.17, 15) is 9.59 Å². The average Bonchev–Trinajstić information content (AvgIpc) is 2.78. The van der Waals surface area contributed by atoms with E-state index in [4.69, 9.17) is 0 Å². The molecule has 0 aromatic heterocycles. The van der Waals surface area contributed by atoms with Crippen LogP contribution in [0.1, 0.15) is 118 Å². The first kappa shape index (κ1) is 32.9. The summed E-state index contributed by atoms with van der Waals surface area (Å²) < 4.78 is 0. The third kappa shape index (κ3) is 21.4. The fourth-order valence-corrected chi connectivity index (χ4v) is 3.97. The summed E-state index contributed by atoms with van der Waals surface area (Å²) in [4.78, 5) is 28.3. The maximum atomic E-state index is 12.2. The number of hydrogen-bond acceptors (Lipinski definition) is 4. The Kier molecular flexibility index (Phi) is 21.6. The van der Waals surface area contributed by atoms with Gasteiger partial charge in [0.15, 0.2) is 0 Å². The van der Waals surface area contributed by atoms with Crippen LogP contribution in [0.3, 0.4) is 0 Å². The van der Waals surface area contributed by atoms with Crippen LogP contribution in [0.2, 0.25) is 0 Å². The van der Waals surface area contributed by atoms with E-state index in [-0.39, 0.29) is 11.8 Å². The predicted octanol–water partition coefficient (Wildman–Crippen LogP) is 5.36. The highest BCUT2D eigenvalue weighted by Crippen LogP contribution is 2.09. The second-order valence-corrected chi connectivity index (χ2v) is 10.6. The molecule has 2 amide bonds. The van der Waals surface area contributed by atoms with Crippen molar-refractivity contribution in [2.24, 2.45) is 0 Å². The number of rotatable bonds is 23. The summed E-state index contributed by atoms with van der Waals surface area (Å²) in [6.07, 6.45) is 14.9. The van der Waals surface area contributed by atoms with Gasteiger partial charge >= 0.3 is 0 Å². The quantitative estimate of drug-likeness (QED) is 0.192. The molecule has 0 saturated heterocycles. The Hall–Kier alpha value is -1.14. The van der Waals surface area contributed by atoms with E-state index in [1.807, 2.05) is 23.9 Å². The zero-order valence-corrected chi connectivity index (χ0v) is 23.6. The highest BCUT2D eigenvalue weighted by atomic mass is 16.2. The molecule has 0 fully saturated rings. The van der Waals surface area contributed by atoms with Crippen molar-refractivity contribution in [1.29, 1.82) is 0 Å². The zero-order chi connectivity index (χ0) is 25.6. The zero-order valence-electron chi connectivity index (χ0n) is 23.6. The topological polar surface area (TPSA) is 64.7 Å². The molecule has 0 aromatic rings. The van der Waals surface area contributed by atoms with E-state index in [0.717, 1.165) is 77.5 Å². The van der Waals surface area contributed by atoms with Gasteiger partial charge in [-0.2, -0.15) is 0 Å². The first-order chi connectivity index (χ1) is 16.2. The van der Waals surface area contributed by atoms with Crippen LogP contribution in [0.5, 0.6) is 0 Å². The maximum Gasteiger partial charge on any atom is 0.222 e. The minimum atomic E-state index is 0.289. The van der Waals surface area contributed by atoms with Gasteiger partial charge in [0.2, 0.25) is 11.8 Å². The summed E-state index contributed by atoms with van der Waals surface area (Å²) in [6.45, 7) is 12.5. The normalized spacial score (nSPS) is 11.4. The molecule has 0 spiro atoms. The summed E-state index contributed by atoms with van der Waals surface area (Å²) in [7, 11) is 3.89. The van der Waals surface area contributed by atoms with Gasteiger partial charge in [-0.15, -0.1) is 0 Å². The van der Waals surface area contributed by atoms with E-state index in [0.29, 0.717) is 24.9 Å². The molecule has 0 aliphatic carbocycles. The Balaban J connectivity index is 3.53. The molecule has 0 aliphatic rings. The van der Waals surface area contributed by atoms with Crippen molar-refractivity contribution in [2.45, 2.75) is 130 Å². The number of unbranched alkanes of at least 4 members (excludes halogenated alkanes) is 9. The van der Waals surface area contributed by atoms with E-state index in [1.165, 1.54) is 25.7 Å². The molecule has 34 heavy (non-hydrogen) atoms. The minimum absolute atomic E-state index is 0.289. The maximum absolute atomic E-state index is 12.2. The first-order valence-electron chi connectivity index (χ1n) is 14.2. The highest BCUT2D eigenvalue weighted by molar-refractivity contribution is 5.76. The van der Waals surface area contributed by atoms with Crippen LogP contribution in [0.4, 0.5) is 0 Å². The first-order valence-corrected chi connectivity index (χ1v) is 14.2. The Morgan fingerprint density at radius 1 is 0.529 bits per heavy atom. The minimum Gasteiger partial charge on any atom is -0.346 e. The number of nitrogens with one attached hydrogen (secondary N) is 2. The molecular weight excluding hydrogens is 424 g/mol. The van der Waals surface area contributed by atoms with Crippen LogP contribution < -0.4 is 10.6 Å². The molecule has 0 radical (unpaired) electrons. The van der Waals surface area contributed by atoms with E-state index >= 15 is 0 Å². The summed E-state index contributed by atoms with van der Waals surface area (Å²) in [6, 6.07) is 1.08. The highest BCUT2D eigenvalue weighted by Gasteiger charge is 2.09. The molecule has 0 unspecified atom stereocenters. The fraction of sp³-hybridized carbons (Fsp3) is 0.929. The van der Waals surface area contributed by atoms with Crippen LogP contribution in [-0.2, 0) is 9.59 Å². The van der Waals surface area contributed by atoms with Gasteiger partial charge in [0.1, 0.15) is 0 Å². The molecule has 0 atom stereocenters. The Morgan fingerprint density at radius 3 is 1.21 bits per heavy atom. The lowest BCUT2D eigenvalue weighted by Crippen LogP contribution is -2.27. The molecule has 6 nitrogen and oxygen atoms in total. The lowest BCUT2D eigenvalue weighted by atomic mass is 10.1. The van der Waals surface area contributed by atoms with Crippen molar-refractivity contribution < 1.29 is 9.59 Å². The average molecular weight is 483 g/mol. The van der Waals surface area contributed by atoms with Gasteiger partial charge in [0, 0.05) is 52.1 Å². The fourth-order valence-electron chi connectivity index (χ4n) is 3.97. The van der Waals surface area contributed by atoms with Crippen LogP contribution in [0, 0.1) is 0 Å². The van der Waals surface area contributed by atoms with E-state index < -0.39 is 0 Å². The molecular formula is C28H58N4O2. The molecule has 6 heteroatoms. The van der Waals surface area contributed by atoms with Crippen molar-refractivity contribution in [1.82, 2.24) is 20.4 Å². The molecule has 0 bridgehead atoms. The Morgan fingerprint density at radius 2 is 0.853 bits per heavy atom. The van der Waals surface area contributed by atoms with Crippen molar-refractivity contribution in [3.05, 3.63) is 0 Å². The standard InChI is InChI=1S/C28H58N4O2/c1-25(2)29-21-15-11-13-19-27(33)31(5)23-17-9-7-8-10-18-24-32(6)28(34)20-14-12-16-22-30-26(3)4/h25-26,29-30H,7-24H2,1-6H3. The van der Waals surface area contributed by atoms with E-state index in [1.54, 1.807) is 0 Å². The van der Waals surface area contributed by atoms with Crippen molar-refractivity contribution in [3.63, 3.8) is 0 Å². The van der Waals surface area contributed by atoms with Gasteiger partial charge in [-0.25, -0.2) is 0 Å². The molecule has 2 N–H and O–H groups in total. The SMILES string of the molecule is CC(C)NCCCCCC(=O)N(C)CCCCCCCCN(C)C(=O)CCCCCNC(C)C. The van der Waals surface area contributed by atoms with Gasteiger partial charge in [0.05, 0.1) is 0 Å². The van der Waals surface area contributed by atoms with Crippen LogP contribution in [0.15, 0.2) is 0 Å². The molecule has 0 aliphatic heterocycles. The largest absolute Gasteiger partial charge is 0.346 e. The Bertz CT molecular complexity index is 453. The number of nitrogens with zero attached hydrogens (tertiary/aromatic N) is 2. The molecule has 0 rings (SSSR count). The predicted molar refractivity (Wildman–Crippen MR) is 146 cm³/mol. The van der Waals surface area contributed by atoms with E-state index in [2.05, 4.69) is 38.3 Å². The van der Waals surface area contributed by atoms with Gasteiger partial charge < -0.3 is 20.4 Å². The molecule has 202 valence electrons. The van der Waals surface area contributed by atoms with Gasteiger partial charge in [-0.05, 0) is 51.6 Å². The summed E-state index contributed by atoms with van der Waals surface area (Å²) in [5.74, 6) is 0.577. The third-order valence-electron chi connectivity index (χ3n) is 6.33. The summed E-state index contributed by atoms with van der Waals surface area (Å²) in [5.41, 5.74) is 0. The second-order valence-electron chi connectivity index (χ2n) is 10.6. The van der Waals surface area contributed by atoms with Crippen molar-refractivity contribution >= 4 is 11.8 Å². The van der Waals surface area contributed by atoms with Crippen LogP contribution in [-0.4, -0.2) is 74.0 Å². The van der Waals surface area contributed by atoms with Crippen molar-refractivity contribution in [2.75, 3.05) is 40.3 Å². The van der Waals surface area contributed by atoms with Gasteiger partial charge in [-0.3, -0.25) is 9.59 Å². The van der Waals surface area contributed by atoms with Gasteiger partial charge in [-0.1, -0.05) is 66.2 Å². The number of carbonyl (C=O) groups is 2. The second kappa shape index (κ2) is 22.3. The summed E-state index contributed by atoms with van der Waals surface area (Å²) >= 11 is 0. The Labute approximate surface area is 212 Å². The van der Waals surface area contributed by atoms with Crippen LogP contribution >= 0.6 is 0 Å². The van der Waals surface area contributed by atoms with Gasteiger partial charge in [0.25, 0.3) is 0 Å². The smallest absolute Gasteiger partial charge is 0.222 e. The van der Waals surface area contributed by atoms with Crippen molar-refractivity contribution in [3.8, 4) is 0 Å². The number of amides is 2. The lowest BCUT2D eigenvalue weighted by Gasteiger charge is -2.18. The molecule has 0 heterocycles. The molecule has 0 saturated carbocycles. The summed E-state index contributed by atoms with van der Waals surface area (Å²) in [5, 5.41) is 6.84.